The number of hydrogen-bond acceptors (Lipinski definition) is 5. The lowest BCUT2D eigenvalue weighted by Gasteiger charge is -2.05. The highest BCUT2D eigenvalue weighted by atomic mass is 16.5. The summed E-state index contributed by atoms with van der Waals surface area (Å²) in [7, 11) is 0. The van der Waals surface area contributed by atoms with Gasteiger partial charge in [-0.1, -0.05) is 0 Å². The molecule has 0 spiro atoms. The van der Waals surface area contributed by atoms with Gasteiger partial charge in [0, 0.05) is 32.2 Å². The Balaban J connectivity index is 2.24. The van der Waals surface area contributed by atoms with Crippen molar-refractivity contribution < 1.29 is 4.74 Å². The van der Waals surface area contributed by atoms with Crippen LogP contribution in [0.4, 0.5) is 5.82 Å². The number of anilines is 1. The summed E-state index contributed by atoms with van der Waals surface area (Å²) in [6, 6.07) is 2.00. The number of nitrogens with zero attached hydrogens (tertiary/aromatic N) is 3. The van der Waals surface area contributed by atoms with Crippen LogP contribution in [0.5, 0.6) is 0 Å². The summed E-state index contributed by atoms with van der Waals surface area (Å²) in [5.41, 5.74) is 0.340. The third-order valence-corrected chi connectivity index (χ3v) is 2.02. The van der Waals surface area contributed by atoms with Gasteiger partial charge in [-0.05, 0) is 19.8 Å². The van der Waals surface area contributed by atoms with Crippen LogP contribution in [0.15, 0.2) is 12.4 Å². The molecule has 0 saturated carbocycles. The molecule has 0 amide bonds. The molecule has 86 valence electrons. The molecule has 0 bridgehead atoms. The summed E-state index contributed by atoms with van der Waals surface area (Å²) in [5.74, 6) is 0.557. The van der Waals surface area contributed by atoms with Gasteiger partial charge in [0.1, 0.15) is 6.07 Å². The molecule has 1 N–H and O–H groups in total. The van der Waals surface area contributed by atoms with Crippen LogP contribution in [0.3, 0.4) is 0 Å². The molecule has 0 fully saturated rings. The van der Waals surface area contributed by atoms with Crippen LogP contribution in [-0.4, -0.2) is 29.7 Å². The van der Waals surface area contributed by atoms with E-state index in [1.54, 1.807) is 6.20 Å². The maximum atomic E-state index is 8.78. The first kappa shape index (κ1) is 12.4. The van der Waals surface area contributed by atoms with Crippen molar-refractivity contribution >= 4 is 5.82 Å². The van der Waals surface area contributed by atoms with E-state index in [0.29, 0.717) is 11.5 Å². The molecular weight excluding hydrogens is 204 g/mol. The number of nitriles is 1. The van der Waals surface area contributed by atoms with Crippen LogP contribution in [0.1, 0.15) is 25.5 Å². The normalized spacial score (nSPS) is 9.75. The summed E-state index contributed by atoms with van der Waals surface area (Å²) >= 11 is 0. The molecule has 0 saturated heterocycles. The van der Waals surface area contributed by atoms with Crippen molar-refractivity contribution in [2.24, 2.45) is 0 Å². The van der Waals surface area contributed by atoms with Crippen LogP contribution in [0.25, 0.3) is 0 Å². The van der Waals surface area contributed by atoms with Gasteiger partial charge in [-0.15, -0.1) is 0 Å². The minimum atomic E-state index is 0.340. The van der Waals surface area contributed by atoms with Gasteiger partial charge in [0.2, 0.25) is 0 Å². The van der Waals surface area contributed by atoms with E-state index in [2.05, 4.69) is 15.3 Å². The molecule has 0 aromatic carbocycles. The van der Waals surface area contributed by atoms with E-state index in [9.17, 15) is 0 Å². The molecule has 0 unspecified atom stereocenters. The van der Waals surface area contributed by atoms with E-state index in [1.807, 2.05) is 13.0 Å². The van der Waals surface area contributed by atoms with Gasteiger partial charge in [-0.3, -0.25) is 0 Å². The van der Waals surface area contributed by atoms with E-state index in [1.165, 1.54) is 6.20 Å². The first-order valence-electron chi connectivity index (χ1n) is 5.41. The Morgan fingerprint density at radius 3 is 2.94 bits per heavy atom. The lowest BCUT2D eigenvalue weighted by Crippen LogP contribution is -2.07. The molecule has 1 heterocycles. The quantitative estimate of drug-likeness (QED) is 0.706. The predicted molar refractivity (Wildman–Crippen MR) is 61.0 cm³/mol. The van der Waals surface area contributed by atoms with Gasteiger partial charge in [0.15, 0.2) is 11.5 Å². The average Bonchev–Trinajstić information content (AvgIpc) is 2.34. The first-order chi connectivity index (χ1) is 7.88. The van der Waals surface area contributed by atoms with E-state index in [-0.39, 0.29) is 0 Å². The number of rotatable bonds is 7. The lowest BCUT2D eigenvalue weighted by atomic mass is 10.3. The molecule has 0 atom stereocenters. The van der Waals surface area contributed by atoms with Gasteiger partial charge in [0.05, 0.1) is 0 Å². The van der Waals surface area contributed by atoms with Crippen molar-refractivity contribution in [2.45, 2.75) is 19.8 Å². The maximum absolute atomic E-state index is 8.78. The minimum Gasteiger partial charge on any atom is -0.382 e. The molecular formula is C11H16N4O. The van der Waals surface area contributed by atoms with E-state index >= 15 is 0 Å². The fourth-order valence-corrected chi connectivity index (χ4v) is 1.23. The molecule has 5 heteroatoms. The monoisotopic (exact) mass is 220 g/mol. The first-order valence-corrected chi connectivity index (χ1v) is 5.41. The Morgan fingerprint density at radius 2 is 2.19 bits per heavy atom. The zero-order valence-electron chi connectivity index (χ0n) is 9.44. The Hall–Kier alpha value is -1.67. The SMILES string of the molecule is CCOCCCCNc1nccnc1C#N. The molecule has 1 aromatic heterocycles. The number of hydrogen-bond donors (Lipinski definition) is 1. The number of aromatic nitrogens is 2. The van der Waals surface area contributed by atoms with Crippen LogP contribution in [-0.2, 0) is 4.74 Å². The van der Waals surface area contributed by atoms with Crippen molar-refractivity contribution in [3.8, 4) is 6.07 Å². The van der Waals surface area contributed by atoms with Gasteiger partial charge in [0.25, 0.3) is 0 Å². The second-order valence-electron chi connectivity index (χ2n) is 3.20. The van der Waals surface area contributed by atoms with Crippen LogP contribution >= 0.6 is 0 Å². The summed E-state index contributed by atoms with van der Waals surface area (Å²) < 4.78 is 5.22. The van der Waals surface area contributed by atoms with E-state index < -0.39 is 0 Å². The topological polar surface area (TPSA) is 70.8 Å². The Labute approximate surface area is 95.5 Å². The number of unbranched alkanes of at least 4 members (excludes halogenated alkanes) is 1. The van der Waals surface area contributed by atoms with Gasteiger partial charge >= 0.3 is 0 Å². The second kappa shape index (κ2) is 7.60. The Morgan fingerprint density at radius 1 is 1.38 bits per heavy atom. The second-order valence-corrected chi connectivity index (χ2v) is 3.20. The molecule has 0 aliphatic heterocycles. The summed E-state index contributed by atoms with van der Waals surface area (Å²) in [5, 5.41) is 11.9. The van der Waals surface area contributed by atoms with Crippen molar-refractivity contribution in [1.82, 2.24) is 9.97 Å². The zero-order chi connectivity index (χ0) is 11.6. The van der Waals surface area contributed by atoms with Crippen molar-refractivity contribution in [3.63, 3.8) is 0 Å². The van der Waals surface area contributed by atoms with Gasteiger partial charge in [-0.25, -0.2) is 9.97 Å². The van der Waals surface area contributed by atoms with Crippen molar-refractivity contribution in [3.05, 3.63) is 18.1 Å². The zero-order valence-corrected chi connectivity index (χ0v) is 9.44. The fraction of sp³-hybridized carbons (Fsp3) is 0.545. The summed E-state index contributed by atoms with van der Waals surface area (Å²) in [6.07, 6.45) is 5.08. The van der Waals surface area contributed by atoms with Crippen molar-refractivity contribution in [2.75, 3.05) is 25.1 Å². The Kier molecular flexibility index (Phi) is 5.89. The largest absolute Gasteiger partial charge is 0.382 e. The van der Waals surface area contributed by atoms with Crippen LogP contribution in [0, 0.1) is 11.3 Å². The molecule has 0 aliphatic carbocycles. The minimum absolute atomic E-state index is 0.340. The average molecular weight is 220 g/mol. The smallest absolute Gasteiger partial charge is 0.182 e. The Bertz CT molecular complexity index is 348. The van der Waals surface area contributed by atoms with Crippen molar-refractivity contribution in [1.29, 1.82) is 5.26 Å². The molecule has 1 rings (SSSR count). The third-order valence-electron chi connectivity index (χ3n) is 2.02. The maximum Gasteiger partial charge on any atom is 0.182 e. The molecule has 1 aromatic rings. The van der Waals surface area contributed by atoms with E-state index in [4.69, 9.17) is 10.00 Å². The lowest BCUT2D eigenvalue weighted by molar-refractivity contribution is 0.144. The standard InChI is InChI=1S/C11H16N4O/c1-2-16-8-4-3-5-14-11-10(9-12)13-6-7-15-11/h6-7H,2-5,8H2,1H3,(H,14,15). The molecule has 0 radical (unpaired) electrons. The third kappa shape index (κ3) is 4.24. The van der Waals surface area contributed by atoms with Crippen LogP contribution < -0.4 is 5.32 Å². The highest BCUT2D eigenvalue weighted by Gasteiger charge is 2.01. The molecule has 0 aliphatic rings. The number of nitrogens with one attached hydrogen (secondary N) is 1. The number of ether oxygens (including phenoxy) is 1. The molecule has 16 heavy (non-hydrogen) atoms. The van der Waals surface area contributed by atoms with Gasteiger partial charge in [-0.2, -0.15) is 5.26 Å². The van der Waals surface area contributed by atoms with Gasteiger partial charge < -0.3 is 10.1 Å². The fourth-order valence-electron chi connectivity index (χ4n) is 1.23. The van der Waals surface area contributed by atoms with E-state index in [0.717, 1.165) is 32.6 Å². The summed E-state index contributed by atoms with van der Waals surface area (Å²) in [6.45, 7) is 4.30. The summed E-state index contributed by atoms with van der Waals surface area (Å²) in [4.78, 5) is 7.97. The molecule has 5 nitrogen and oxygen atoms in total. The highest BCUT2D eigenvalue weighted by Crippen LogP contribution is 2.06. The van der Waals surface area contributed by atoms with Crippen LogP contribution in [0.2, 0.25) is 0 Å². The highest BCUT2D eigenvalue weighted by molar-refractivity contribution is 5.46. The predicted octanol–water partition coefficient (Wildman–Crippen LogP) is 1.58.